The van der Waals surface area contributed by atoms with Gasteiger partial charge in [0.05, 0.1) is 0 Å². The quantitative estimate of drug-likeness (QED) is 0.432. The van der Waals surface area contributed by atoms with Gasteiger partial charge in [0.1, 0.15) is 0 Å². The summed E-state index contributed by atoms with van der Waals surface area (Å²) in [4.78, 5) is 0. The van der Waals surface area contributed by atoms with E-state index in [9.17, 15) is 0 Å². The summed E-state index contributed by atoms with van der Waals surface area (Å²) in [7, 11) is 0. The number of rotatable bonds is 5. The van der Waals surface area contributed by atoms with Crippen LogP contribution in [0.5, 0.6) is 0 Å². The normalized spacial score (nSPS) is 7.12. The van der Waals surface area contributed by atoms with Gasteiger partial charge in [0.15, 0.2) is 0 Å². The van der Waals surface area contributed by atoms with E-state index >= 15 is 0 Å². The summed E-state index contributed by atoms with van der Waals surface area (Å²) < 4.78 is 0. The van der Waals surface area contributed by atoms with Crippen LogP contribution in [0.25, 0.3) is 0 Å². The van der Waals surface area contributed by atoms with Gasteiger partial charge in [-0.2, -0.15) is 0 Å². The van der Waals surface area contributed by atoms with Crippen molar-refractivity contribution < 1.29 is 0 Å². The van der Waals surface area contributed by atoms with Crippen LogP contribution in [0.4, 0.5) is 0 Å². The summed E-state index contributed by atoms with van der Waals surface area (Å²) in [6, 6.07) is 0. The maximum atomic E-state index is 2.28. The van der Waals surface area contributed by atoms with Gasteiger partial charge in [0, 0.05) is 0 Å². The monoisotopic (exact) mass is 236 g/mol. The molecule has 108 valence electrons. The smallest absolute Gasteiger partial charge is 0.0448 e. The SMILES string of the molecule is C.C.C.C.CCC(C)CC.CCCCCC. The Hall–Kier alpha value is 0. The van der Waals surface area contributed by atoms with Crippen molar-refractivity contribution in [2.45, 2.75) is 103 Å². The van der Waals surface area contributed by atoms with E-state index in [0.29, 0.717) is 0 Å². The fourth-order valence-electron chi connectivity index (χ4n) is 0.789. The van der Waals surface area contributed by atoms with Crippen molar-refractivity contribution in [2.75, 3.05) is 0 Å². The van der Waals surface area contributed by atoms with E-state index in [1.807, 2.05) is 0 Å². The van der Waals surface area contributed by atoms with Gasteiger partial charge in [0.25, 0.3) is 0 Å². The third-order valence-corrected chi connectivity index (χ3v) is 2.35. The molecule has 0 radical (unpaired) electrons. The second-order valence-electron chi connectivity index (χ2n) is 3.63. The van der Waals surface area contributed by atoms with E-state index in [-0.39, 0.29) is 29.7 Å². The zero-order valence-electron chi connectivity index (χ0n) is 9.82. The van der Waals surface area contributed by atoms with Gasteiger partial charge in [0.2, 0.25) is 0 Å². The van der Waals surface area contributed by atoms with Crippen LogP contribution in [-0.2, 0) is 0 Å². The highest BCUT2D eigenvalue weighted by molar-refractivity contribution is 4.41. The second kappa shape index (κ2) is 36.3. The molecule has 0 amide bonds. The molecule has 0 rings (SSSR count). The van der Waals surface area contributed by atoms with Gasteiger partial charge in [-0.15, -0.1) is 0 Å². The molecule has 0 nitrogen and oxygen atoms in total. The molecule has 16 heavy (non-hydrogen) atoms. The van der Waals surface area contributed by atoms with Gasteiger partial charge in [-0.1, -0.05) is 103 Å². The molecule has 0 atom stereocenters. The van der Waals surface area contributed by atoms with Gasteiger partial charge < -0.3 is 0 Å². The van der Waals surface area contributed by atoms with Crippen molar-refractivity contribution in [3.8, 4) is 0 Å². The molecule has 0 heteroatoms. The molecule has 0 N–H and O–H groups in total. The van der Waals surface area contributed by atoms with Crippen LogP contribution in [0.2, 0.25) is 0 Å². The molecule has 0 unspecified atom stereocenters. The molecule has 0 aliphatic rings. The summed E-state index contributed by atoms with van der Waals surface area (Å²) in [6.45, 7) is 11.2. The Labute approximate surface area is 109 Å². The second-order valence-corrected chi connectivity index (χ2v) is 3.63. The van der Waals surface area contributed by atoms with Crippen LogP contribution in [0.15, 0.2) is 0 Å². The predicted molar refractivity (Wildman–Crippen MR) is 86.5 cm³/mol. The summed E-state index contributed by atoms with van der Waals surface area (Å²) in [5, 5.41) is 0. The summed E-state index contributed by atoms with van der Waals surface area (Å²) in [5.74, 6) is 0.935. The van der Waals surface area contributed by atoms with Gasteiger partial charge in [-0.05, 0) is 5.92 Å². The van der Waals surface area contributed by atoms with Crippen molar-refractivity contribution >= 4 is 0 Å². The fraction of sp³-hybridized carbons (Fsp3) is 1.00. The summed E-state index contributed by atoms with van der Waals surface area (Å²) in [6.07, 6.45) is 8.20. The third-order valence-electron chi connectivity index (χ3n) is 2.35. The largest absolute Gasteiger partial charge is 0.0776 e. The molecular formula is C16H44. The highest BCUT2D eigenvalue weighted by atomic mass is 13.9. The zero-order chi connectivity index (χ0) is 9.82. The summed E-state index contributed by atoms with van der Waals surface area (Å²) in [5.41, 5.74) is 0. The predicted octanol–water partition coefficient (Wildman–Crippen LogP) is 7.57. The first kappa shape index (κ1) is 36.0. The molecule has 0 spiro atoms. The number of hydrogen-bond donors (Lipinski definition) is 0. The van der Waals surface area contributed by atoms with Crippen LogP contribution in [0, 0.1) is 5.92 Å². The van der Waals surface area contributed by atoms with E-state index < -0.39 is 0 Å². The molecule has 0 aliphatic heterocycles. The first-order valence-electron chi connectivity index (χ1n) is 5.72. The lowest BCUT2D eigenvalue weighted by molar-refractivity contribution is 0.544. The molecule has 0 bridgehead atoms. The fourth-order valence-corrected chi connectivity index (χ4v) is 0.789. The van der Waals surface area contributed by atoms with Crippen molar-refractivity contribution in [1.29, 1.82) is 0 Å². The Morgan fingerprint density at radius 1 is 0.625 bits per heavy atom. The molecule has 0 saturated heterocycles. The van der Waals surface area contributed by atoms with Gasteiger partial charge in [-0.25, -0.2) is 0 Å². The van der Waals surface area contributed by atoms with Crippen LogP contribution < -0.4 is 0 Å². The maximum Gasteiger partial charge on any atom is -0.0448 e. The molecule has 0 aromatic heterocycles. The minimum atomic E-state index is 0. The average molecular weight is 237 g/mol. The van der Waals surface area contributed by atoms with Crippen molar-refractivity contribution in [2.24, 2.45) is 5.92 Å². The van der Waals surface area contributed by atoms with E-state index in [4.69, 9.17) is 0 Å². The first-order valence-corrected chi connectivity index (χ1v) is 5.72. The maximum absolute atomic E-state index is 2.28. The lowest BCUT2D eigenvalue weighted by Crippen LogP contribution is -1.85. The van der Waals surface area contributed by atoms with Crippen LogP contribution in [0.1, 0.15) is 103 Å². The molecule has 0 fully saturated rings. The Kier molecular flexibility index (Phi) is 81.7. The van der Waals surface area contributed by atoms with E-state index in [2.05, 4.69) is 34.6 Å². The zero-order valence-corrected chi connectivity index (χ0v) is 9.82. The van der Waals surface area contributed by atoms with Gasteiger partial charge in [-0.3, -0.25) is 0 Å². The summed E-state index contributed by atoms with van der Waals surface area (Å²) >= 11 is 0. The van der Waals surface area contributed by atoms with Crippen molar-refractivity contribution in [3.63, 3.8) is 0 Å². The minimum absolute atomic E-state index is 0. The van der Waals surface area contributed by atoms with Crippen LogP contribution >= 0.6 is 0 Å². The highest BCUT2D eigenvalue weighted by Crippen LogP contribution is 2.02. The standard InChI is InChI=1S/2C6H14.4CH4/c1-4-6(3)5-2;1-3-5-6-4-2;;;;/h6H,4-5H2,1-3H3;3-6H2,1-2H3;4*1H4. The average Bonchev–Trinajstić information content (AvgIpc) is 2.14. The minimum Gasteiger partial charge on any atom is -0.0776 e. The molecule has 0 aliphatic carbocycles. The molecule has 0 aromatic rings. The third kappa shape index (κ3) is 48.3. The molecule has 0 aromatic carbocycles. The van der Waals surface area contributed by atoms with Crippen LogP contribution in [0.3, 0.4) is 0 Å². The lowest BCUT2D eigenvalue weighted by atomic mass is 10.1. The van der Waals surface area contributed by atoms with Crippen molar-refractivity contribution in [1.82, 2.24) is 0 Å². The van der Waals surface area contributed by atoms with Crippen molar-refractivity contribution in [3.05, 3.63) is 0 Å². The number of unbranched alkanes of at least 4 members (excludes halogenated alkanes) is 3. The highest BCUT2D eigenvalue weighted by Gasteiger charge is 1.88. The Bertz CT molecular complexity index is 49.1. The van der Waals surface area contributed by atoms with Crippen LogP contribution in [-0.4, -0.2) is 0 Å². The molecule has 0 saturated carbocycles. The Morgan fingerprint density at radius 2 is 0.875 bits per heavy atom. The first-order chi connectivity index (χ1) is 5.72. The van der Waals surface area contributed by atoms with Gasteiger partial charge >= 0.3 is 0 Å². The Morgan fingerprint density at radius 3 is 0.938 bits per heavy atom. The topological polar surface area (TPSA) is 0 Å². The molecular weight excluding hydrogens is 192 g/mol. The Balaban J connectivity index is -0.0000000250. The van der Waals surface area contributed by atoms with E-state index in [1.165, 1.54) is 38.5 Å². The number of hydrogen-bond acceptors (Lipinski definition) is 0. The lowest BCUT2D eigenvalue weighted by Gasteiger charge is -1.98. The van der Waals surface area contributed by atoms with E-state index in [0.717, 1.165) is 5.92 Å². The van der Waals surface area contributed by atoms with E-state index in [1.54, 1.807) is 0 Å². The molecule has 0 heterocycles.